The van der Waals surface area contributed by atoms with Gasteiger partial charge in [0, 0.05) is 6.07 Å². The van der Waals surface area contributed by atoms with Crippen LogP contribution in [0.1, 0.15) is 34.6 Å². The molecule has 0 unspecified atom stereocenters. The molecule has 1 N–H and O–H groups in total. The van der Waals surface area contributed by atoms with Crippen LogP contribution in [-0.2, 0) is 14.1 Å². The molecule has 0 heterocycles. The number of nitrogens with one attached hydrogen (secondary N) is 1. The maximum atomic E-state index is 13.1. The average Bonchev–Trinajstić information content (AvgIpc) is 2.46. The van der Waals surface area contributed by atoms with E-state index in [0.29, 0.717) is 11.5 Å². The molecular formula is C16H26NO5P. The van der Waals surface area contributed by atoms with Gasteiger partial charge in [0.05, 0.1) is 18.9 Å². The summed E-state index contributed by atoms with van der Waals surface area (Å²) in [6.07, 6.45) is -0.232. The van der Waals surface area contributed by atoms with Gasteiger partial charge < -0.3 is 14.0 Å². The lowest BCUT2D eigenvalue weighted by Gasteiger charge is -2.26. The van der Waals surface area contributed by atoms with Crippen LogP contribution in [0, 0.1) is 0 Å². The van der Waals surface area contributed by atoms with E-state index in [4.69, 9.17) is 14.0 Å². The summed E-state index contributed by atoms with van der Waals surface area (Å²) in [7, 11) is -1.76. The molecule has 0 bridgehead atoms. The fourth-order valence-electron chi connectivity index (χ4n) is 1.75. The van der Waals surface area contributed by atoms with Crippen LogP contribution in [0.2, 0.25) is 0 Å². The van der Waals surface area contributed by atoms with Crippen molar-refractivity contribution in [3.63, 3.8) is 0 Å². The minimum Gasteiger partial charge on any atom is -0.497 e. The number of rotatable bonds is 8. The molecule has 0 aliphatic heterocycles. The summed E-state index contributed by atoms with van der Waals surface area (Å²) in [5.41, 5.74) is -0.317. The molecule has 0 aliphatic carbocycles. The number of ether oxygens (including phenoxy) is 2. The molecular weight excluding hydrogens is 317 g/mol. The van der Waals surface area contributed by atoms with Crippen molar-refractivity contribution in [1.82, 2.24) is 5.09 Å². The molecule has 7 heteroatoms. The first-order valence-electron chi connectivity index (χ1n) is 7.59. The van der Waals surface area contributed by atoms with Crippen LogP contribution in [-0.4, -0.2) is 30.9 Å². The van der Waals surface area contributed by atoms with E-state index in [1.165, 1.54) is 0 Å². The Morgan fingerprint density at radius 2 is 1.74 bits per heavy atom. The normalized spacial score (nSPS) is 15.1. The number of methoxy groups -OCH3 is 1. The summed E-state index contributed by atoms with van der Waals surface area (Å²) >= 11 is 0. The molecule has 0 aromatic heterocycles. The van der Waals surface area contributed by atoms with Gasteiger partial charge in [-0.15, -0.1) is 0 Å². The van der Waals surface area contributed by atoms with E-state index >= 15 is 0 Å². The zero-order valence-electron chi connectivity index (χ0n) is 14.5. The molecule has 1 aromatic rings. The van der Waals surface area contributed by atoms with E-state index in [2.05, 4.69) is 5.09 Å². The fourth-order valence-corrected chi connectivity index (χ4v) is 3.39. The Morgan fingerprint density at radius 3 is 2.26 bits per heavy atom. The minimum atomic E-state index is -3.30. The highest BCUT2D eigenvalue weighted by Crippen LogP contribution is 2.48. The third-order valence-electron chi connectivity index (χ3n) is 3.04. The van der Waals surface area contributed by atoms with Gasteiger partial charge in [0.1, 0.15) is 17.5 Å². The van der Waals surface area contributed by atoms with E-state index in [0.717, 1.165) is 0 Å². The van der Waals surface area contributed by atoms with Crippen molar-refractivity contribution in [2.45, 2.75) is 52.4 Å². The zero-order valence-corrected chi connectivity index (χ0v) is 15.4. The van der Waals surface area contributed by atoms with E-state index in [1.807, 2.05) is 0 Å². The molecule has 1 rings (SSSR count). The molecule has 130 valence electrons. The second-order valence-electron chi connectivity index (χ2n) is 5.80. The maximum Gasteiger partial charge on any atom is 0.323 e. The SMILES string of the molecule is COc1cccc(O[P@@](=O)(N[C@@H](C)C(=O)OC(C)C)C(C)C)c1. The summed E-state index contributed by atoms with van der Waals surface area (Å²) in [5.74, 6) is 0.554. The Bertz CT molecular complexity index is 573. The molecule has 0 aliphatic rings. The highest BCUT2D eigenvalue weighted by atomic mass is 31.2. The number of carbonyl (C=O) groups is 1. The predicted octanol–water partition coefficient (Wildman–Crippen LogP) is 3.61. The monoisotopic (exact) mass is 343 g/mol. The van der Waals surface area contributed by atoms with Gasteiger partial charge in [-0.2, -0.15) is 0 Å². The molecule has 0 saturated heterocycles. The molecule has 6 nitrogen and oxygen atoms in total. The summed E-state index contributed by atoms with van der Waals surface area (Å²) in [5, 5.41) is 2.80. The number of esters is 1. The highest BCUT2D eigenvalue weighted by Gasteiger charge is 2.34. The first-order chi connectivity index (χ1) is 10.7. The van der Waals surface area contributed by atoms with Gasteiger partial charge in [0.25, 0.3) is 0 Å². The highest BCUT2D eigenvalue weighted by molar-refractivity contribution is 7.58. The van der Waals surface area contributed by atoms with Crippen LogP contribution in [0.15, 0.2) is 24.3 Å². The van der Waals surface area contributed by atoms with Gasteiger partial charge >= 0.3 is 13.5 Å². The first kappa shape index (κ1) is 19.5. The number of hydrogen-bond donors (Lipinski definition) is 1. The Hall–Kier alpha value is -1.52. The minimum absolute atomic E-state index is 0.232. The average molecular weight is 343 g/mol. The number of hydrogen-bond acceptors (Lipinski definition) is 5. The molecule has 23 heavy (non-hydrogen) atoms. The fraction of sp³-hybridized carbons (Fsp3) is 0.562. The molecule has 1 aromatic carbocycles. The van der Waals surface area contributed by atoms with E-state index < -0.39 is 19.5 Å². The van der Waals surface area contributed by atoms with Crippen LogP contribution in [0.25, 0.3) is 0 Å². The third kappa shape index (κ3) is 5.88. The third-order valence-corrected chi connectivity index (χ3v) is 5.63. The van der Waals surface area contributed by atoms with Gasteiger partial charge in [0.2, 0.25) is 0 Å². The molecule has 0 saturated carbocycles. The summed E-state index contributed by atoms with van der Waals surface area (Å²) < 4.78 is 29.0. The standard InChI is InChI=1S/C16H26NO5P/c1-11(2)21-16(18)13(5)17-23(19,12(3)4)22-15-9-7-8-14(10-15)20-6/h7-13H,1-6H3,(H,17,19)/t13-,23+/m0/s1. The molecule has 2 atom stereocenters. The van der Waals surface area contributed by atoms with Crippen molar-refractivity contribution < 1.29 is 23.4 Å². The Balaban J connectivity index is 2.90. The van der Waals surface area contributed by atoms with Crippen molar-refractivity contribution in [1.29, 1.82) is 0 Å². The van der Waals surface area contributed by atoms with Gasteiger partial charge in [-0.25, -0.2) is 5.09 Å². The molecule has 0 radical (unpaired) electrons. The van der Waals surface area contributed by atoms with Crippen molar-refractivity contribution in [3.05, 3.63) is 24.3 Å². The molecule has 0 fully saturated rings. The van der Waals surface area contributed by atoms with Gasteiger partial charge in [-0.05, 0) is 32.9 Å². The van der Waals surface area contributed by atoms with Crippen LogP contribution in [0.4, 0.5) is 0 Å². The second-order valence-corrected chi connectivity index (χ2v) is 8.47. The Labute approximate surface area is 138 Å². The van der Waals surface area contributed by atoms with Crippen molar-refractivity contribution >= 4 is 13.5 Å². The lowest BCUT2D eigenvalue weighted by atomic mass is 10.3. The van der Waals surface area contributed by atoms with Gasteiger partial charge in [0.15, 0.2) is 0 Å². The van der Waals surface area contributed by atoms with E-state index in [1.54, 1.807) is 66.0 Å². The van der Waals surface area contributed by atoms with E-state index in [9.17, 15) is 9.36 Å². The quantitative estimate of drug-likeness (QED) is 0.574. The molecule has 0 spiro atoms. The van der Waals surface area contributed by atoms with Crippen LogP contribution in [0.3, 0.4) is 0 Å². The van der Waals surface area contributed by atoms with Crippen LogP contribution < -0.4 is 14.3 Å². The topological polar surface area (TPSA) is 73.9 Å². The van der Waals surface area contributed by atoms with Crippen molar-refractivity contribution in [2.24, 2.45) is 0 Å². The first-order valence-corrected chi connectivity index (χ1v) is 9.29. The lowest BCUT2D eigenvalue weighted by molar-refractivity contribution is -0.149. The predicted molar refractivity (Wildman–Crippen MR) is 90.2 cm³/mol. The maximum absolute atomic E-state index is 13.1. The van der Waals surface area contributed by atoms with Crippen molar-refractivity contribution in [2.75, 3.05) is 7.11 Å². The zero-order chi connectivity index (χ0) is 17.6. The molecule has 0 amide bonds. The summed E-state index contributed by atoms with van der Waals surface area (Å²) in [6, 6.07) is 6.11. The van der Waals surface area contributed by atoms with Crippen molar-refractivity contribution in [3.8, 4) is 11.5 Å². The van der Waals surface area contributed by atoms with E-state index in [-0.39, 0.29) is 11.8 Å². The van der Waals surface area contributed by atoms with Gasteiger partial charge in [-0.1, -0.05) is 19.9 Å². The lowest BCUT2D eigenvalue weighted by Crippen LogP contribution is -2.37. The number of benzene rings is 1. The summed E-state index contributed by atoms with van der Waals surface area (Å²) in [6.45, 7) is 8.68. The number of carbonyl (C=O) groups excluding carboxylic acids is 1. The smallest absolute Gasteiger partial charge is 0.323 e. The summed E-state index contributed by atoms with van der Waals surface area (Å²) in [4.78, 5) is 11.9. The van der Waals surface area contributed by atoms with Gasteiger partial charge in [-0.3, -0.25) is 9.36 Å². The Morgan fingerprint density at radius 1 is 1.13 bits per heavy atom. The van der Waals surface area contributed by atoms with Crippen LogP contribution >= 0.6 is 7.52 Å². The Kier molecular flexibility index (Phi) is 7.10. The largest absolute Gasteiger partial charge is 0.497 e. The second kappa shape index (κ2) is 8.37. The van der Waals surface area contributed by atoms with Crippen LogP contribution in [0.5, 0.6) is 11.5 Å².